The number of halogens is 1. The molecule has 0 aliphatic carbocycles. The van der Waals surface area contributed by atoms with Crippen molar-refractivity contribution >= 4 is 28.5 Å². The Hall–Kier alpha value is -1.35. The molecule has 0 fully saturated rings. The number of fused-ring (bicyclic) bond motifs is 1. The van der Waals surface area contributed by atoms with E-state index in [9.17, 15) is 4.79 Å². The topological polar surface area (TPSA) is 43.1 Å². The molecule has 0 spiro atoms. The van der Waals surface area contributed by atoms with Crippen LogP contribution in [0.3, 0.4) is 0 Å². The quantitative estimate of drug-likeness (QED) is 0.786. The second kappa shape index (κ2) is 3.66. The number of aromatic nitrogens is 1. The second-order valence-corrected chi connectivity index (χ2v) is 3.93. The molecule has 15 heavy (non-hydrogen) atoms. The van der Waals surface area contributed by atoms with Crippen molar-refractivity contribution in [3.8, 4) is 0 Å². The zero-order valence-corrected chi connectivity index (χ0v) is 9.26. The molecule has 1 aromatic carbocycles. The highest BCUT2D eigenvalue weighted by atomic mass is 35.5. The van der Waals surface area contributed by atoms with Crippen LogP contribution < -0.4 is 0 Å². The Balaban J connectivity index is 2.55. The maximum Gasteiger partial charge on any atom is 0.192 e. The van der Waals surface area contributed by atoms with E-state index < -0.39 is 0 Å². The average Bonchev–Trinajstić information content (AvgIpc) is 2.44. The zero-order chi connectivity index (χ0) is 11.0. The summed E-state index contributed by atoms with van der Waals surface area (Å²) in [6.45, 7) is 3.31. The van der Waals surface area contributed by atoms with E-state index in [-0.39, 0.29) is 5.78 Å². The van der Waals surface area contributed by atoms with Gasteiger partial charge in [-0.15, -0.1) is 0 Å². The summed E-state index contributed by atoms with van der Waals surface area (Å²) in [5.74, 6) is 0.675. The lowest BCUT2D eigenvalue weighted by Crippen LogP contribution is -1.96. The van der Waals surface area contributed by atoms with Crippen LogP contribution in [-0.2, 0) is 11.2 Å². The lowest BCUT2D eigenvalue weighted by atomic mass is 10.1. The fraction of sp³-hybridized carbons (Fsp3) is 0.273. The van der Waals surface area contributed by atoms with Gasteiger partial charge in [-0.1, -0.05) is 11.6 Å². The van der Waals surface area contributed by atoms with E-state index in [2.05, 4.69) is 4.98 Å². The molecule has 0 bridgehead atoms. The van der Waals surface area contributed by atoms with Crippen molar-refractivity contribution < 1.29 is 9.21 Å². The third kappa shape index (κ3) is 2.02. The molecule has 1 aromatic heterocycles. The molecule has 2 aromatic rings. The van der Waals surface area contributed by atoms with Gasteiger partial charge in [0.2, 0.25) is 0 Å². The number of Topliss-reactive ketones (excluding diaryl/α,β-unsaturated/α-hetero) is 1. The Morgan fingerprint density at radius 2 is 2.27 bits per heavy atom. The third-order valence-electron chi connectivity index (χ3n) is 2.10. The van der Waals surface area contributed by atoms with Crippen LogP contribution in [0, 0.1) is 6.92 Å². The fourth-order valence-electron chi connectivity index (χ4n) is 1.51. The molecule has 0 atom stereocenters. The number of nitrogens with zero attached hydrogens (tertiary/aromatic N) is 1. The van der Waals surface area contributed by atoms with Gasteiger partial charge < -0.3 is 4.42 Å². The van der Waals surface area contributed by atoms with Gasteiger partial charge in [0.25, 0.3) is 0 Å². The second-order valence-electron chi connectivity index (χ2n) is 3.52. The fourth-order valence-corrected chi connectivity index (χ4v) is 1.73. The summed E-state index contributed by atoms with van der Waals surface area (Å²) >= 11 is 6.02. The summed E-state index contributed by atoms with van der Waals surface area (Å²) in [6.07, 6.45) is 0.328. The summed E-state index contributed by atoms with van der Waals surface area (Å²) in [6, 6.07) is 3.50. The smallest absolute Gasteiger partial charge is 0.192 e. The highest BCUT2D eigenvalue weighted by molar-refractivity contribution is 6.32. The first-order chi connectivity index (χ1) is 7.06. The predicted molar refractivity (Wildman–Crippen MR) is 58.1 cm³/mol. The molecule has 0 saturated carbocycles. The number of hydrogen-bond acceptors (Lipinski definition) is 3. The molecular formula is C11H10ClNO2. The van der Waals surface area contributed by atoms with Crippen molar-refractivity contribution in [2.24, 2.45) is 0 Å². The summed E-state index contributed by atoms with van der Waals surface area (Å²) in [4.78, 5) is 15.2. The van der Waals surface area contributed by atoms with Gasteiger partial charge in [-0.3, -0.25) is 4.79 Å². The first kappa shape index (κ1) is 10.2. The molecule has 3 nitrogen and oxygen atoms in total. The van der Waals surface area contributed by atoms with E-state index in [0.717, 1.165) is 11.1 Å². The minimum Gasteiger partial charge on any atom is -0.441 e. The van der Waals surface area contributed by atoms with Crippen LogP contribution in [0.15, 0.2) is 16.5 Å². The van der Waals surface area contributed by atoms with Gasteiger partial charge in [-0.25, -0.2) is 4.98 Å². The van der Waals surface area contributed by atoms with E-state index in [1.807, 2.05) is 0 Å². The molecule has 0 radical (unpaired) electrons. The lowest BCUT2D eigenvalue weighted by molar-refractivity contribution is -0.116. The molecule has 78 valence electrons. The Bertz CT molecular complexity index is 531. The Morgan fingerprint density at radius 3 is 2.93 bits per heavy atom. The Labute approximate surface area is 92.1 Å². The van der Waals surface area contributed by atoms with Gasteiger partial charge in [0.15, 0.2) is 11.5 Å². The van der Waals surface area contributed by atoms with Crippen LogP contribution in [-0.4, -0.2) is 10.8 Å². The number of aryl methyl sites for hydroxylation is 1. The number of carbonyl (C=O) groups excluding carboxylic acids is 1. The van der Waals surface area contributed by atoms with E-state index >= 15 is 0 Å². The van der Waals surface area contributed by atoms with E-state index in [4.69, 9.17) is 16.0 Å². The number of hydrogen-bond donors (Lipinski definition) is 0. The molecule has 0 aliphatic heterocycles. The van der Waals surface area contributed by atoms with Crippen molar-refractivity contribution in [3.63, 3.8) is 0 Å². The lowest BCUT2D eigenvalue weighted by Gasteiger charge is -2.00. The highest BCUT2D eigenvalue weighted by Gasteiger charge is 2.09. The van der Waals surface area contributed by atoms with Gasteiger partial charge in [0.1, 0.15) is 11.3 Å². The van der Waals surface area contributed by atoms with Gasteiger partial charge in [-0.2, -0.15) is 0 Å². The van der Waals surface area contributed by atoms with Gasteiger partial charge in [0, 0.05) is 18.4 Å². The molecule has 4 heteroatoms. The Morgan fingerprint density at radius 1 is 1.53 bits per heavy atom. The molecular weight excluding hydrogens is 214 g/mol. The molecule has 0 aliphatic rings. The van der Waals surface area contributed by atoms with E-state index in [1.165, 1.54) is 6.92 Å². The van der Waals surface area contributed by atoms with Crippen molar-refractivity contribution in [3.05, 3.63) is 28.6 Å². The first-order valence-corrected chi connectivity index (χ1v) is 4.99. The normalized spacial score (nSPS) is 10.9. The van der Waals surface area contributed by atoms with Crippen LogP contribution in [0.5, 0.6) is 0 Å². The monoisotopic (exact) mass is 223 g/mol. The maximum atomic E-state index is 11.0. The summed E-state index contributed by atoms with van der Waals surface area (Å²) in [5, 5.41) is 0.561. The number of benzene rings is 1. The van der Waals surface area contributed by atoms with Crippen LogP contribution in [0.1, 0.15) is 18.4 Å². The van der Waals surface area contributed by atoms with Crippen molar-refractivity contribution in [1.82, 2.24) is 4.98 Å². The summed E-state index contributed by atoms with van der Waals surface area (Å²) < 4.78 is 5.36. The third-order valence-corrected chi connectivity index (χ3v) is 2.45. The largest absolute Gasteiger partial charge is 0.441 e. The van der Waals surface area contributed by atoms with Crippen molar-refractivity contribution in [2.45, 2.75) is 20.3 Å². The average molecular weight is 224 g/mol. The minimum absolute atomic E-state index is 0.0764. The highest BCUT2D eigenvalue weighted by Crippen LogP contribution is 2.24. The summed E-state index contributed by atoms with van der Waals surface area (Å²) in [5.41, 5.74) is 2.19. The predicted octanol–water partition coefficient (Wildman–Crippen LogP) is 2.92. The SMILES string of the molecule is CC(=O)Cc1cc2oc(C)nc2cc1Cl. The molecule has 0 N–H and O–H groups in total. The van der Waals surface area contributed by atoms with Crippen LogP contribution in [0.25, 0.3) is 11.1 Å². The van der Waals surface area contributed by atoms with E-state index in [1.54, 1.807) is 19.1 Å². The maximum absolute atomic E-state index is 11.0. The molecule has 2 rings (SSSR count). The molecule has 0 saturated heterocycles. The summed E-state index contributed by atoms with van der Waals surface area (Å²) in [7, 11) is 0. The van der Waals surface area contributed by atoms with Crippen molar-refractivity contribution in [2.75, 3.05) is 0 Å². The number of carbonyl (C=O) groups is 1. The van der Waals surface area contributed by atoms with Gasteiger partial charge in [-0.05, 0) is 24.6 Å². The standard InChI is InChI=1S/C11H10ClNO2/c1-6(14)3-8-4-11-10(5-9(8)12)13-7(2)15-11/h4-5H,3H2,1-2H3. The molecule has 0 amide bonds. The van der Waals surface area contributed by atoms with Gasteiger partial charge in [0.05, 0.1) is 0 Å². The number of oxazole rings is 1. The van der Waals surface area contributed by atoms with Crippen LogP contribution >= 0.6 is 11.6 Å². The molecule has 0 unspecified atom stereocenters. The first-order valence-electron chi connectivity index (χ1n) is 4.61. The number of ketones is 1. The zero-order valence-electron chi connectivity index (χ0n) is 8.50. The van der Waals surface area contributed by atoms with Gasteiger partial charge >= 0.3 is 0 Å². The number of rotatable bonds is 2. The van der Waals surface area contributed by atoms with Crippen LogP contribution in [0.2, 0.25) is 5.02 Å². The van der Waals surface area contributed by atoms with E-state index in [0.29, 0.717) is 22.9 Å². The molecule has 1 heterocycles. The minimum atomic E-state index is 0.0764. The Kier molecular flexibility index (Phi) is 2.49. The van der Waals surface area contributed by atoms with Crippen LogP contribution in [0.4, 0.5) is 0 Å². The van der Waals surface area contributed by atoms with Crippen molar-refractivity contribution in [1.29, 1.82) is 0 Å².